The minimum Gasteiger partial charge on any atom is -0.394 e. The minimum atomic E-state index is -0.958. The number of carbonyl (C=O) groups excluding carboxylic acids is 1. The quantitative estimate of drug-likeness (QED) is 0.0365. The van der Waals surface area contributed by atoms with E-state index in [0.29, 0.717) is 6.42 Å². The molecule has 0 aliphatic rings. The van der Waals surface area contributed by atoms with Crippen LogP contribution in [0.25, 0.3) is 0 Å². The fourth-order valence-electron chi connectivity index (χ4n) is 7.61. The Bertz CT molecular complexity index is 870. The summed E-state index contributed by atoms with van der Waals surface area (Å²) in [7, 11) is 0. The maximum absolute atomic E-state index is 12.5. The zero-order chi connectivity index (χ0) is 40.8. The summed E-state index contributed by atoms with van der Waals surface area (Å²) in [5.41, 5.74) is 0. The number of unbranched alkanes of at least 4 members (excludes halogenated alkanes) is 32. The van der Waals surface area contributed by atoms with Gasteiger partial charge in [-0.2, -0.15) is 0 Å². The Labute approximate surface area is 349 Å². The first kappa shape index (κ1) is 54.6. The highest BCUT2D eigenvalue weighted by Gasteiger charge is 2.20. The van der Waals surface area contributed by atoms with E-state index in [1.54, 1.807) is 6.08 Å². The highest BCUT2D eigenvalue weighted by molar-refractivity contribution is 5.76. The molecule has 0 heterocycles. The van der Waals surface area contributed by atoms with Crippen molar-refractivity contribution in [1.82, 2.24) is 5.32 Å². The van der Waals surface area contributed by atoms with Crippen molar-refractivity contribution < 1.29 is 20.1 Å². The predicted molar refractivity (Wildman–Crippen MR) is 245 cm³/mol. The molecule has 0 rings (SSSR count). The fraction of sp³-hybridized carbons (Fsp3) is 0.863. The van der Waals surface area contributed by atoms with Crippen LogP contribution in [-0.4, -0.2) is 46.1 Å². The highest BCUT2D eigenvalue weighted by atomic mass is 16.3. The average Bonchev–Trinajstić information content (AvgIpc) is 3.19. The van der Waals surface area contributed by atoms with Gasteiger partial charge in [0.25, 0.3) is 0 Å². The molecule has 0 spiro atoms. The van der Waals surface area contributed by atoms with Gasteiger partial charge in [0.15, 0.2) is 0 Å². The van der Waals surface area contributed by atoms with Crippen LogP contribution < -0.4 is 5.32 Å². The summed E-state index contributed by atoms with van der Waals surface area (Å²) in [6, 6.07) is -0.766. The van der Waals surface area contributed by atoms with E-state index < -0.39 is 18.2 Å². The number of nitrogens with one attached hydrogen (secondary N) is 1. The SMILES string of the molecule is CCCCCCCCCCC/C=C/CC/C=C/CC/C=C/C(O)C(CO)NC(=O)CC(O)CCCCCCCCCCCCCCCCCCCCCCCC. The van der Waals surface area contributed by atoms with Gasteiger partial charge in [-0.15, -0.1) is 0 Å². The van der Waals surface area contributed by atoms with E-state index in [9.17, 15) is 20.1 Å². The van der Waals surface area contributed by atoms with E-state index in [4.69, 9.17) is 0 Å². The molecule has 0 aromatic heterocycles. The molecule has 0 bridgehead atoms. The topological polar surface area (TPSA) is 89.8 Å². The number of rotatable bonds is 45. The summed E-state index contributed by atoms with van der Waals surface area (Å²) < 4.78 is 0. The van der Waals surface area contributed by atoms with E-state index in [-0.39, 0.29) is 18.9 Å². The van der Waals surface area contributed by atoms with Crippen LogP contribution in [0.15, 0.2) is 36.5 Å². The van der Waals surface area contributed by atoms with E-state index in [2.05, 4.69) is 43.5 Å². The molecule has 3 atom stereocenters. The van der Waals surface area contributed by atoms with E-state index in [1.807, 2.05) is 6.08 Å². The molecule has 5 nitrogen and oxygen atoms in total. The molecule has 0 saturated heterocycles. The van der Waals surface area contributed by atoms with Gasteiger partial charge >= 0.3 is 0 Å². The summed E-state index contributed by atoms with van der Waals surface area (Å²) in [5.74, 6) is -0.326. The molecule has 1 amide bonds. The van der Waals surface area contributed by atoms with Crippen molar-refractivity contribution in [3.63, 3.8) is 0 Å². The number of carbonyl (C=O) groups is 1. The second-order valence-electron chi connectivity index (χ2n) is 17.1. The van der Waals surface area contributed by atoms with Gasteiger partial charge in [0.05, 0.1) is 31.3 Å². The first-order valence-corrected chi connectivity index (χ1v) is 24.8. The highest BCUT2D eigenvalue weighted by Crippen LogP contribution is 2.16. The summed E-state index contributed by atoms with van der Waals surface area (Å²) in [4.78, 5) is 12.5. The second-order valence-corrected chi connectivity index (χ2v) is 17.1. The zero-order valence-corrected chi connectivity index (χ0v) is 37.5. The van der Waals surface area contributed by atoms with Crippen LogP contribution in [0.4, 0.5) is 0 Å². The molecule has 0 fully saturated rings. The number of allylic oxidation sites excluding steroid dienone is 5. The zero-order valence-electron chi connectivity index (χ0n) is 37.5. The van der Waals surface area contributed by atoms with Crippen LogP contribution in [0.2, 0.25) is 0 Å². The van der Waals surface area contributed by atoms with Crippen molar-refractivity contribution in [3.05, 3.63) is 36.5 Å². The van der Waals surface area contributed by atoms with Crippen molar-refractivity contribution in [2.24, 2.45) is 0 Å². The number of aliphatic hydroxyl groups excluding tert-OH is 3. The molecule has 3 unspecified atom stereocenters. The molecular weight excluding hydrogens is 691 g/mol. The van der Waals surface area contributed by atoms with Gasteiger partial charge in [0, 0.05) is 0 Å². The van der Waals surface area contributed by atoms with Gasteiger partial charge in [-0.3, -0.25) is 4.79 Å². The summed E-state index contributed by atoms with van der Waals surface area (Å²) >= 11 is 0. The number of aliphatic hydroxyl groups is 3. The lowest BCUT2D eigenvalue weighted by Crippen LogP contribution is -2.45. The standard InChI is InChI=1S/C51H97NO4/c1-3-5-7-9-11-13-15-17-19-21-23-24-25-27-28-30-32-34-36-38-40-42-44-48(54)46-51(56)52-49(47-53)50(55)45-43-41-39-37-35-33-31-29-26-22-20-18-16-14-12-10-8-6-4-2/h26,29,35,37,43,45,48-50,53-55H,3-25,27-28,30-34,36,38-42,44,46-47H2,1-2H3,(H,52,56)/b29-26+,37-35+,45-43+. The first-order chi connectivity index (χ1) is 27.5. The van der Waals surface area contributed by atoms with E-state index >= 15 is 0 Å². The lowest BCUT2D eigenvalue weighted by atomic mass is 10.0. The molecule has 0 aliphatic heterocycles. The Kier molecular flexibility index (Phi) is 45.1. The molecule has 0 aromatic rings. The van der Waals surface area contributed by atoms with Gasteiger partial charge in [-0.25, -0.2) is 0 Å². The van der Waals surface area contributed by atoms with Crippen molar-refractivity contribution in [2.75, 3.05) is 6.61 Å². The molecule has 330 valence electrons. The lowest BCUT2D eigenvalue weighted by Gasteiger charge is -2.21. The molecule has 0 radical (unpaired) electrons. The number of hydrogen-bond donors (Lipinski definition) is 4. The van der Waals surface area contributed by atoms with Crippen molar-refractivity contribution in [1.29, 1.82) is 0 Å². The molecule has 0 saturated carbocycles. The van der Waals surface area contributed by atoms with Gasteiger partial charge in [0.2, 0.25) is 5.91 Å². The van der Waals surface area contributed by atoms with Crippen LogP contribution in [0, 0.1) is 0 Å². The van der Waals surface area contributed by atoms with E-state index in [0.717, 1.165) is 38.5 Å². The van der Waals surface area contributed by atoms with Crippen LogP contribution >= 0.6 is 0 Å². The molecule has 0 aromatic carbocycles. The maximum Gasteiger partial charge on any atom is 0.222 e. The third-order valence-electron chi connectivity index (χ3n) is 11.4. The third kappa shape index (κ3) is 42.2. The lowest BCUT2D eigenvalue weighted by molar-refractivity contribution is -0.124. The van der Waals surface area contributed by atoms with Crippen LogP contribution in [-0.2, 0) is 4.79 Å². The third-order valence-corrected chi connectivity index (χ3v) is 11.4. The maximum atomic E-state index is 12.5. The van der Waals surface area contributed by atoms with Gasteiger partial charge in [0.1, 0.15) is 0 Å². The Hall–Kier alpha value is -1.43. The largest absolute Gasteiger partial charge is 0.394 e. The second kappa shape index (κ2) is 46.3. The van der Waals surface area contributed by atoms with Gasteiger partial charge in [-0.1, -0.05) is 243 Å². The molecule has 4 N–H and O–H groups in total. The fourth-order valence-corrected chi connectivity index (χ4v) is 7.61. The van der Waals surface area contributed by atoms with E-state index in [1.165, 1.54) is 193 Å². The Morgan fingerprint density at radius 2 is 0.768 bits per heavy atom. The minimum absolute atomic E-state index is 0.00538. The van der Waals surface area contributed by atoms with Crippen LogP contribution in [0.3, 0.4) is 0 Å². The van der Waals surface area contributed by atoms with Crippen LogP contribution in [0.5, 0.6) is 0 Å². The van der Waals surface area contributed by atoms with Crippen molar-refractivity contribution in [2.45, 2.75) is 276 Å². The summed E-state index contributed by atoms with van der Waals surface area (Å²) in [6.45, 7) is 4.21. The Morgan fingerprint density at radius 1 is 0.446 bits per heavy atom. The summed E-state index contributed by atoms with van der Waals surface area (Å²) in [6.07, 6.45) is 58.8. The van der Waals surface area contributed by atoms with Gasteiger partial charge in [-0.05, 0) is 44.9 Å². The summed E-state index contributed by atoms with van der Waals surface area (Å²) in [5, 5.41) is 33.3. The van der Waals surface area contributed by atoms with Crippen molar-refractivity contribution in [3.8, 4) is 0 Å². The number of hydrogen-bond acceptors (Lipinski definition) is 4. The molecular formula is C51H97NO4. The molecule has 56 heavy (non-hydrogen) atoms. The smallest absolute Gasteiger partial charge is 0.222 e. The normalized spacial score (nSPS) is 13.7. The average molecular weight is 788 g/mol. The van der Waals surface area contributed by atoms with Crippen molar-refractivity contribution >= 4 is 5.91 Å². The predicted octanol–water partition coefficient (Wildman–Crippen LogP) is 14.7. The monoisotopic (exact) mass is 788 g/mol. The first-order valence-electron chi connectivity index (χ1n) is 24.8. The molecule has 5 heteroatoms. The Balaban J connectivity index is 3.66. The Morgan fingerprint density at radius 3 is 1.14 bits per heavy atom. The van der Waals surface area contributed by atoms with Gasteiger partial charge < -0.3 is 20.6 Å². The van der Waals surface area contributed by atoms with Crippen LogP contribution in [0.1, 0.15) is 258 Å². The molecule has 0 aliphatic carbocycles. The number of amides is 1.